The lowest BCUT2D eigenvalue weighted by Crippen LogP contribution is -2.24. The molecule has 5 nitrogen and oxygen atoms in total. The van der Waals surface area contributed by atoms with Gasteiger partial charge in [0.25, 0.3) is 0 Å². The van der Waals surface area contributed by atoms with Gasteiger partial charge in [0.05, 0.1) is 5.69 Å². The Kier molecular flexibility index (Phi) is 3.65. The molecule has 3 aromatic rings. The number of halogens is 1. The first-order chi connectivity index (χ1) is 11.6. The predicted octanol–water partition coefficient (Wildman–Crippen LogP) is 3.22. The van der Waals surface area contributed by atoms with Crippen molar-refractivity contribution in [1.82, 2.24) is 19.4 Å². The monoisotopic (exact) mass is 342 g/mol. The number of nitrogens with zero attached hydrogens (tertiary/aromatic N) is 4. The number of carbonyl (C=O) groups is 1. The SMILES string of the molecule is CN1CCC(n2ccnc2-c2nc(-c3ccc(F)cc3)cs2)C1=O. The molecule has 122 valence electrons. The number of imidazole rings is 1. The number of benzene rings is 1. The Labute approximate surface area is 142 Å². The van der Waals surface area contributed by atoms with Crippen LogP contribution in [0.5, 0.6) is 0 Å². The third kappa shape index (κ3) is 2.50. The number of likely N-dealkylation sites (N-methyl/N-ethyl adjacent to an activating group) is 1. The van der Waals surface area contributed by atoms with E-state index < -0.39 is 0 Å². The van der Waals surface area contributed by atoms with Crippen LogP contribution in [0.2, 0.25) is 0 Å². The van der Waals surface area contributed by atoms with E-state index in [0.29, 0.717) is 5.82 Å². The van der Waals surface area contributed by atoms with Crippen molar-refractivity contribution in [3.05, 3.63) is 47.9 Å². The van der Waals surface area contributed by atoms with Gasteiger partial charge < -0.3 is 9.47 Å². The molecule has 7 heteroatoms. The van der Waals surface area contributed by atoms with Gasteiger partial charge in [-0.1, -0.05) is 0 Å². The summed E-state index contributed by atoms with van der Waals surface area (Å²) in [7, 11) is 1.81. The molecule has 1 unspecified atom stereocenters. The Hall–Kier alpha value is -2.54. The van der Waals surface area contributed by atoms with E-state index in [0.717, 1.165) is 29.2 Å². The van der Waals surface area contributed by atoms with Gasteiger partial charge in [0, 0.05) is 36.9 Å². The number of hydrogen-bond donors (Lipinski definition) is 0. The molecular formula is C17H15FN4OS. The van der Waals surface area contributed by atoms with Gasteiger partial charge in [-0.2, -0.15) is 0 Å². The lowest BCUT2D eigenvalue weighted by Gasteiger charge is -2.13. The molecule has 0 radical (unpaired) electrons. The van der Waals surface area contributed by atoms with E-state index in [1.807, 2.05) is 23.2 Å². The van der Waals surface area contributed by atoms with Crippen molar-refractivity contribution >= 4 is 17.2 Å². The van der Waals surface area contributed by atoms with Gasteiger partial charge in [-0.15, -0.1) is 11.3 Å². The van der Waals surface area contributed by atoms with Crippen LogP contribution >= 0.6 is 11.3 Å². The Bertz CT molecular complexity index is 886. The van der Waals surface area contributed by atoms with Gasteiger partial charge >= 0.3 is 0 Å². The van der Waals surface area contributed by atoms with Gasteiger partial charge in [0.2, 0.25) is 5.91 Å². The number of amides is 1. The summed E-state index contributed by atoms with van der Waals surface area (Å²) in [5.74, 6) is 0.528. The first kappa shape index (κ1) is 15.0. The third-order valence-electron chi connectivity index (χ3n) is 4.24. The van der Waals surface area contributed by atoms with Gasteiger partial charge in [-0.25, -0.2) is 14.4 Å². The van der Waals surface area contributed by atoms with E-state index in [9.17, 15) is 9.18 Å². The van der Waals surface area contributed by atoms with Crippen LogP contribution in [0.4, 0.5) is 4.39 Å². The molecule has 0 bridgehead atoms. The van der Waals surface area contributed by atoms with Crippen LogP contribution in [0, 0.1) is 5.82 Å². The average molecular weight is 342 g/mol. The van der Waals surface area contributed by atoms with E-state index in [2.05, 4.69) is 9.97 Å². The zero-order valence-electron chi connectivity index (χ0n) is 13.0. The molecule has 1 fully saturated rings. The highest BCUT2D eigenvalue weighted by molar-refractivity contribution is 7.13. The van der Waals surface area contributed by atoms with Crippen molar-refractivity contribution in [3.8, 4) is 22.1 Å². The largest absolute Gasteiger partial charge is 0.344 e. The Morgan fingerprint density at radius 2 is 2.08 bits per heavy atom. The first-order valence-electron chi connectivity index (χ1n) is 7.63. The standard InChI is InChI=1S/C17H15FN4OS/c1-21-8-6-14(17(21)23)22-9-7-19-15(22)16-20-13(10-24-16)11-2-4-12(18)5-3-11/h2-5,7,9-10,14H,6,8H2,1H3. The normalized spacial score (nSPS) is 17.7. The number of thiazole rings is 1. The number of likely N-dealkylation sites (tertiary alicyclic amines) is 1. The zero-order chi connectivity index (χ0) is 16.7. The second-order valence-corrected chi connectivity index (χ2v) is 6.63. The van der Waals surface area contributed by atoms with Gasteiger partial charge in [-0.3, -0.25) is 4.79 Å². The minimum absolute atomic E-state index is 0.101. The second-order valence-electron chi connectivity index (χ2n) is 5.77. The lowest BCUT2D eigenvalue weighted by atomic mass is 10.2. The highest BCUT2D eigenvalue weighted by atomic mass is 32.1. The van der Waals surface area contributed by atoms with Crippen molar-refractivity contribution < 1.29 is 9.18 Å². The quantitative estimate of drug-likeness (QED) is 0.734. The minimum atomic E-state index is -0.270. The number of rotatable bonds is 3. The third-order valence-corrected chi connectivity index (χ3v) is 5.08. The summed E-state index contributed by atoms with van der Waals surface area (Å²) in [4.78, 5) is 23.0. The van der Waals surface area contributed by atoms with Crippen molar-refractivity contribution in [2.75, 3.05) is 13.6 Å². The fraction of sp³-hybridized carbons (Fsp3) is 0.235. The number of hydrogen-bond acceptors (Lipinski definition) is 4. The molecule has 1 aliphatic heterocycles. The van der Waals surface area contributed by atoms with Crippen molar-refractivity contribution in [2.45, 2.75) is 12.5 Å². The summed E-state index contributed by atoms with van der Waals surface area (Å²) in [5, 5.41) is 2.67. The predicted molar refractivity (Wildman–Crippen MR) is 90.0 cm³/mol. The first-order valence-corrected chi connectivity index (χ1v) is 8.51. The second kappa shape index (κ2) is 5.83. The average Bonchev–Trinajstić information content (AvgIpc) is 3.29. The maximum Gasteiger partial charge on any atom is 0.245 e. The Morgan fingerprint density at radius 1 is 1.29 bits per heavy atom. The van der Waals surface area contributed by atoms with E-state index in [1.54, 1.807) is 23.2 Å². The van der Waals surface area contributed by atoms with Gasteiger partial charge in [0.15, 0.2) is 10.8 Å². The fourth-order valence-corrected chi connectivity index (χ4v) is 3.75. The summed E-state index contributed by atoms with van der Waals surface area (Å²) < 4.78 is 15.0. The molecule has 1 atom stereocenters. The highest BCUT2D eigenvalue weighted by Gasteiger charge is 2.32. The fourth-order valence-electron chi connectivity index (χ4n) is 2.92. The molecule has 0 aliphatic carbocycles. The van der Waals surface area contributed by atoms with Gasteiger partial charge in [-0.05, 0) is 30.7 Å². The molecule has 4 rings (SSSR count). The van der Waals surface area contributed by atoms with Crippen LogP contribution < -0.4 is 0 Å². The van der Waals surface area contributed by atoms with E-state index in [1.165, 1.54) is 23.5 Å². The van der Waals surface area contributed by atoms with E-state index in [4.69, 9.17) is 0 Å². The smallest absolute Gasteiger partial charge is 0.245 e. The summed E-state index contributed by atoms with van der Waals surface area (Å²) >= 11 is 1.47. The maximum atomic E-state index is 13.1. The molecule has 3 heterocycles. The minimum Gasteiger partial charge on any atom is -0.344 e. The van der Waals surface area contributed by atoms with E-state index >= 15 is 0 Å². The highest BCUT2D eigenvalue weighted by Crippen LogP contribution is 2.32. The van der Waals surface area contributed by atoms with Crippen LogP contribution in [0.15, 0.2) is 42.0 Å². The van der Waals surface area contributed by atoms with Crippen LogP contribution in [0.3, 0.4) is 0 Å². The Morgan fingerprint density at radius 3 is 2.79 bits per heavy atom. The number of carbonyl (C=O) groups excluding carboxylic acids is 1. The molecule has 1 saturated heterocycles. The molecule has 2 aromatic heterocycles. The molecule has 0 spiro atoms. The molecule has 1 amide bonds. The van der Waals surface area contributed by atoms with Crippen molar-refractivity contribution in [3.63, 3.8) is 0 Å². The van der Waals surface area contributed by atoms with Crippen LogP contribution in [0.1, 0.15) is 12.5 Å². The summed E-state index contributed by atoms with van der Waals surface area (Å²) in [6.45, 7) is 0.750. The number of aromatic nitrogens is 3. The molecule has 0 saturated carbocycles. The zero-order valence-corrected chi connectivity index (χ0v) is 13.8. The molecular weight excluding hydrogens is 327 g/mol. The molecule has 24 heavy (non-hydrogen) atoms. The van der Waals surface area contributed by atoms with E-state index in [-0.39, 0.29) is 17.8 Å². The van der Waals surface area contributed by atoms with Gasteiger partial charge in [0.1, 0.15) is 11.9 Å². The van der Waals surface area contributed by atoms with Crippen LogP contribution in [-0.4, -0.2) is 38.9 Å². The molecule has 1 aliphatic rings. The van der Waals surface area contributed by atoms with Crippen molar-refractivity contribution in [2.24, 2.45) is 0 Å². The lowest BCUT2D eigenvalue weighted by molar-refractivity contribution is -0.129. The molecule has 0 N–H and O–H groups in total. The summed E-state index contributed by atoms with van der Waals surface area (Å²) in [5.41, 5.74) is 1.63. The van der Waals surface area contributed by atoms with Crippen molar-refractivity contribution in [1.29, 1.82) is 0 Å². The maximum absolute atomic E-state index is 13.1. The van der Waals surface area contributed by atoms with Crippen LogP contribution in [-0.2, 0) is 4.79 Å². The molecule has 1 aromatic carbocycles. The summed E-state index contributed by atoms with van der Waals surface area (Å²) in [6.07, 6.45) is 4.30. The summed E-state index contributed by atoms with van der Waals surface area (Å²) in [6, 6.07) is 6.03. The topological polar surface area (TPSA) is 51.0 Å². The Balaban J connectivity index is 1.68. The van der Waals surface area contributed by atoms with Crippen LogP contribution in [0.25, 0.3) is 22.1 Å².